The number of halogens is 3. The van der Waals surface area contributed by atoms with Gasteiger partial charge in [-0.15, -0.1) is 5.53 Å². The van der Waals surface area contributed by atoms with Crippen molar-refractivity contribution >= 4 is 28.9 Å². The first-order valence-electron chi connectivity index (χ1n) is 9.21. The molecule has 0 saturated carbocycles. The predicted octanol–water partition coefficient (Wildman–Crippen LogP) is 4.02. The number of hydrogen-bond acceptors (Lipinski definition) is 6. The van der Waals surface area contributed by atoms with Crippen LogP contribution in [-0.2, 0) is 6.54 Å². The topological polar surface area (TPSA) is 47.5 Å². The largest absolute Gasteiger partial charge is 0.348 e. The van der Waals surface area contributed by atoms with Gasteiger partial charge >= 0.3 is 0 Å². The number of hydrazine groups is 2. The van der Waals surface area contributed by atoms with E-state index in [-0.39, 0.29) is 25.0 Å². The molecular formula is C19H23ClF2N6. The van der Waals surface area contributed by atoms with Gasteiger partial charge in [0.25, 0.3) is 5.92 Å². The number of fused-ring (bicyclic) bond motifs is 1. The molecule has 1 aromatic heterocycles. The van der Waals surface area contributed by atoms with Gasteiger partial charge in [-0.25, -0.2) is 18.7 Å². The second kappa shape index (κ2) is 6.70. The van der Waals surface area contributed by atoms with E-state index in [4.69, 9.17) is 11.6 Å². The van der Waals surface area contributed by atoms with Gasteiger partial charge < -0.3 is 4.90 Å². The fraction of sp³-hybridized carbons (Fsp3) is 0.474. The molecule has 150 valence electrons. The molecule has 6 nitrogen and oxygen atoms in total. The molecule has 0 bridgehead atoms. The van der Waals surface area contributed by atoms with E-state index in [1.807, 2.05) is 55.1 Å². The Labute approximate surface area is 168 Å². The Bertz CT molecular complexity index is 885. The van der Waals surface area contributed by atoms with Gasteiger partial charge in [-0.2, -0.15) is 0 Å². The van der Waals surface area contributed by atoms with Crippen LogP contribution >= 0.6 is 11.6 Å². The fourth-order valence-electron chi connectivity index (χ4n) is 3.52. The maximum atomic E-state index is 13.8. The van der Waals surface area contributed by atoms with Crippen LogP contribution in [0.4, 0.5) is 26.1 Å². The third-order valence-corrected chi connectivity index (χ3v) is 5.28. The molecule has 9 heteroatoms. The Kier molecular flexibility index (Phi) is 4.58. The SMILES string of the molecule is CC(C)(C)N1NN(Cc2ccccc2Cl)c2ncnc(N3CCC(F)(F)C3)c21. The lowest BCUT2D eigenvalue weighted by molar-refractivity contribution is 0.0257. The minimum atomic E-state index is -2.70. The third kappa shape index (κ3) is 3.46. The highest BCUT2D eigenvalue weighted by Gasteiger charge is 2.43. The number of rotatable bonds is 3. The maximum absolute atomic E-state index is 13.8. The van der Waals surface area contributed by atoms with Gasteiger partial charge in [-0.3, -0.25) is 10.0 Å². The van der Waals surface area contributed by atoms with Crippen molar-refractivity contribution < 1.29 is 8.78 Å². The molecule has 1 saturated heterocycles. The summed E-state index contributed by atoms with van der Waals surface area (Å²) < 4.78 is 27.7. The van der Waals surface area contributed by atoms with Crippen LogP contribution in [0.15, 0.2) is 30.6 Å². The van der Waals surface area contributed by atoms with E-state index in [2.05, 4.69) is 15.5 Å². The first-order chi connectivity index (χ1) is 13.2. The molecule has 28 heavy (non-hydrogen) atoms. The smallest absolute Gasteiger partial charge is 0.266 e. The monoisotopic (exact) mass is 408 g/mol. The van der Waals surface area contributed by atoms with Gasteiger partial charge in [-0.05, 0) is 32.4 Å². The van der Waals surface area contributed by atoms with E-state index < -0.39 is 5.92 Å². The van der Waals surface area contributed by atoms with Crippen LogP contribution in [-0.4, -0.2) is 34.5 Å². The summed E-state index contributed by atoms with van der Waals surface area (Å²) in [6, 6.07) is 7.60. The van der Waals surface area contributed by atoms with E-state index >= 15 is 0 Å². The average Bonchev–Trinajstić information content (AvgIpc) is 3.17. The zero-order valence-corrected chi connectivity index (χ0v) is 16.8. The van der Waals surface area contributed by atoms with E-state index in [0.717, 1.165) is 5.56 Å². The Morgan fingerprint density at radius 2 is 1.89 bits per heavy atom. The van der Waals surface area contributed by atoms with Crippen molar-refractivity contribution in [2.45, 2.75) is 45.2 Å². The number of nitrogens with one attached hydrogen (secondary N) is 1. The van der Waals surface area contributed by atoms with Gasteiger partial charge in [0.15, 0.2) is 11.6 Å². The molecule has 0 amide bonds. The normalized spacial score (nSPS) is 18.7. The predicted molar refractivity (Wildman–Crippen MR) is 107 cm³/mol. The number of hydrogen-bond donors (Lipinski definition) is 1. The van der Waals surface area contributed by atoms with Crippen LogP contribution in [0.3, 0.4) is 0 Å². The maximum Gasteiger partial charge on any atom is 0.266 e. The lowest BCUT2D eigenvalue weighted by Crippen LogP contribution is -2.53. The summed E-state index contributed by atoms with van der Waals surface area (Å²) in [5.74, 6) is -1.53. The van der Waals surface area contributed by atoms with Crippen LogP contribution in [0.2, 0.25) is 5.02 Å². The number of aromatic nitrogens is 2. The van der Waals surface area contributed by atoms with E-state index in [1.165, 1.54) is 6.33 Å². The molecule has 1 aromatic carbocycles. The molecule has 0 spiro atoms. The quantitative estimate of drug-likeness (QED) is 0.827. The summed E-state index contributed by atoms with van der Waals surface area (Å²) in [6.07, 6.45) is 1.26. The van der Waals surface area contributed by atoms with Crippen molar-refractivity contribution in [3.8, 4) is 0 Å². The summed E-state index contributed by atoms with van der Waals surface area (Å²) in [5.41, 5.74) is 4.66. The molecule has 1 N–H and O–H groups in total. The van der Waals surface area contributed by atoms with Crippen LogP contribution in [0.1, 0.15) is 32.8 Å². The Balaban J connectivity index is 1.74. The fourth-order valence-corrected chi connectivity index (χ4v) is 3.71. The van der Waals surface area contributed by atoms with Gasteiger partial charge in [-0.1, -0.05) is 29.8 Å². The highest BCUT2D eigenvalue weighted by Crippen LogP contribution is 2.44. The van der Waals surface area contributed by atoms with Crippen molar-refractivity contribution in [1.82, 2.24) is 15.5 Å². The highest BCUT2D eigenvalue weighted by molar-refractivity contribution is 6.31. The van der Waals surface area contributed by atoms with Gasteiger partial charge in [0.1, 0.15) is 12.0 Å². The zero-order valence-electron chi connectivity index (χ0n) is 16.1. The molecule has 2 aromatic rings. The number of alkyl halides is 2. The minimum absolute atomic E-state index is 0.169. The van der Waals surface area contributed by atoms with E-state index in [1.54, 1.807) is 4.90 Å². The van der Waals surface area contributed by atoms with Crippen LogP contribution in [0, 0.1) is 0 Å². The van der Waals surface area contributed by atoms with Crippen LogP contribution in [0.25, 0.3) is 0 Å². The first kappa shape index (κ1) is 19.1. The van der Waals surface area contributed by atoms with Gasteiger partial charge in [0.2, 0.25) is 0 Å². The lowest BCUT2D eigenvalue weighted by atomic mass is 10.1. The number of benzene rings is 1. The van der Waals surface area contributed by atoms with Crippen LogP contribution < -0.4 is 20.5 Å². The highest BCUT2D eigenvalue weighted by atomic mass is 35.5. The first-order valence-corrected chi connectivity index (χ1v) is 9.59. The molecule has 0 atom stereocenters. The van der Waals surface area contributed by atoms with Crippen LogP contribution in [0.5, 0.6) is 0 Å². The summed E-state index contributed by atoms with van der Waals surface area (Å²) in [5, 5.41) is 4.47. The van der Waals surface area contributed by atoms with E-state index in [9.17, 15) is 8.78 Å². The summed E-state index contributed by atoms with van der Waals surface area (Å²) >= 11 is 6.33. The van der Waals surface area contributed by atoms with E-state index in [0.29, 0.717) is 28.9 Å². The number of nitrogens with zero attached hydrogens (tertiary/aromatic N) is 5. The summed E-state index contributed by atoms with van der Waals surface area (Å²) in [4.78, 5) is 10.5. The Morgan fingerprint density at radius 1 is 1.18 bits per heavy atom. The molecule has 0 aliphatic carbocycles. The van der Waals surface area contributed by atoms with Gasteiger partial charge in [0.05, 0.1) is 18.6 Å². The second-order valence-electron chi connectivity index (χ2n) is 8.18. The average molecular weight is 409 g/mol. The van der Waals surface area contributed by atoms with Crippen molar-refractivity contribution in [3.05, 3.63) is 41.2 Å². The Morgan fingerprint density at radius 3 is 2.54 bits per heavy atom. The van der Waals surface area contributed by atoms with Crippen molar-refractivity contribution in [3.63, 3.8) is 0 Å². The molecule has 0 radical (unpaired) electrons. The lowest BCUT2D eigenvalue weighted by Gasteiger charge is -2.35. The Hall–Kier alpha value is -2.19. The van der Waals surface area contributed by atoms with Crippen molar-refractivity contribution in [2.24, 2.45) is 0 Å². The molecular weight excluding hydrogens is 386 g/mol. The van der Waals surface area contributed by atoms with Gasteiger partial charge in [0, 0.05) is 18.0 Å². The second-order valence-corrected chi connectivity index (χ2v) is 8.59. The van der Waals surface area contributed by atoms with Crippen molar-refractivity contribution in [2.75, 3.05) is 28.0 Å². The number of anilines is 3. The molecule has 1 fully saturated rings. The molecule has 2 aliphatic heterocycles. The molecule has 2 aliphatic rings. The molecule has 3 heterocycles. The summed E-state index contributed by atoms with van der Waals surface area (Å²) in [7, 11) is 0. The third-order valence-electron chi connectivity index (χ3n) is 4.91. The minimum Gasteiger partial charge on any atom is -0.348 e. The standard InChI is InChI=1S/C19H23ClF2N6/c1-18(2,3)28-15-16(26-9-8-19(21,22)11-26)23-12-24-17(15)27(25-28)10-13-6-4-5-7-14(13)20/h4-7,12,25H,8-11H2,1-3H3. The molecule has 0 unspecified atom stereocenters. The summed E-state index contributed by atoms with van der Waals surface area (Å²) in [6.45, 7) is 6.53. The van der Waals surface area contributed by atoms with Crippen molar-refractivity contribution in [1.29, 1.82) is 0 Å². The molecule has 4 rings (SSSR count). The zero-order chi connectivity index (χ0) is 20.1.